The van der Waals surface area contributed by atoms with Crippen molar-refractivity contribution in [1.29, 1.82) is 0 Å². The molecule has 4 nitrogen and oxygen atoms in total. The molecule has 2 aromatic rings. The van der Waals surface area contributed by atoms with E-state index >= 15 is 0 Å². The van der Waals surface area contributed by atoms with E-state index in [-0.39, 0.29) is 0 Å². The molecular formula is C16H20N4. The Labute approximate surface area is 119 Å². The number of hydrogen-bond donors (Lipinski definition) is 1. The van der Waals surface area contributed by atoms with Crippen molar-refractivity contribution in [3.05, 3.63) is 41.7 Å². The number of rotatable bonds is 2. The van der Waals surface area contributed by atoms with Crippen molar-refractivity contribution in [3.63, 3.8) is 0 Å². The van der Waals surface area contributed by atoms with E-state index in [1.807, 2.05) is 6.92 Å². The van der Waals surface area contributed by atoms with Gasteiger partial charge in [-0.15, -0.1) is 0 Å². The number of aryl methyl sites for hydroxylation is 2. The van der Waals surface area contributed by atoms with Gasteiger partial charge in [0.1, 0.15) is 11.6 Å². The van der Waals surface area contributed by atoms with Gasteiger partial charge in [0.25, 0.3) is 0 Å². The average Bonchev–Trinajstić information content (AvgIpc) is 2.48. The second kappa shape index (κ2) is 5.59. The van der Waals surface area contributed by atoms with Crippen LogP contribution in [0.5, 0.6) is 0 Å². The van der Waals surface area contributed by atoms with Crippen molar-refractivity contribution >= 4 is 5.82 Å². The van der Waals surface area contributed by atoms with Crippen molar-refractivity contribution in [2.45, 2.75) is 13.8 Å². The van der Waals surface area contributed by atoms with Gasteiger partial charge in [-0.2, -0.15) is 0 Å². The maximum absolute atomic E-state index is 4.59. The number of nitrogens with one attached hydrogen (secondary N) is 1. The van der Waals surface area contributed by atoms with Gasteiger partial charge in [-0.25, -0.2) is 9.97 Å². The van der Waals surface area contributed by atoms with Crippen molar-refractivity contribution in [2.75, 3.05) is 31.1 Å². The molecule has 0 radical (unpaired) electrons. The Morgan fingerprint density at radius 2 is 1.70 bits per heavy atom. The predicted molar refractivity (Wildman–Crippen MR) is 82.0 cm³/mol. The number of piperazine rings is 1. The topological polar surface area (TPSA) is 41.0 Å². The molecule has 2 heterocycles. The largest absolute Gasteiger partial charge is 0.354 e. The van der Waals surface area contributed by atoms with Crippen LogP contribution in [0.3, 0.4) is 0 Å². The molecule has 1 aliphatic heterocycles. The number of anilines is 1. The predicted octanol–water partition coefficient (Wildman–Crippen LogP) is 2.17. The lowest BCUT2D eigenvalue weighted by atomic mass is 10.1. The van der Waals surface area contributed by atoms with Crippen LogP contribution in [0.15, 0.2) is 30.3 Å². The molecule has 0 atom stereocenters. The second-order valence-corrected chi connectivity index (χ2v) is 5.26. The lowest BCUT2D eigenvalue weighted by molar-refractivity contribution is 0.584. The van der Waals surface area contributed by atoms with Crippen LogP contribution < -0.4 is 10.2 Å². The molecular weight excluding hydrogens is 248 g/mol. The first-order valence-electron chi connectivity index (χ1n) is 7.11. The molecule has 1 fully saturated rings. The third-order valence-electron chi connectivity index (χ3n) is 3.61. The van der Waals surface area contributed by atoms with Crippen LogP contribution in [0.4, 0.5) is 5.82 Å². The molecule has 3 rings (SSSR count). The van der Waals surface area contributed by atoms with E-state index in [9.17, 15) is 0 Å². The van der Waals surface area contributed by atoms with Crippen molar-refractivity contribution in [1.82, 2.24) is 15.3 Å². The highest BCUT2D eigenvalue weighted by Gasteiger charge is 2.13. The van der Waals surface area contributed by atoms with Gasteiger partial charge in [-0.3, -0.25) is 0 Å². The Bertz CT molecular complexity index is 586. The summed E-state index contributed by atoms with van der Waals surface area (Å²) in [6, 6.07) is 10.6. The van der Waals surface area contributed by atoms with Crippen LogP contribution >= 0.6 is 0 Å². The standard InChI is InChI=1S/C16H20N4/c1-12-3-5-14(6-4-12)15-11-16(19-13(2)18-15)20-9-7-17-8-10-20/h3-6,11,17H,7-10H2,1-2H3. The Morgan fingerprint density at radius 3 is 2.40 bits per heavy atom. The second-order valence-electron chi connectivity index (χ2n) is 5.26. The SMILES string of the molecule is Cc1ccc(-c2cc(N3CCNCC3)nc(C)n2)cc1. The molecule has 0 amide bonds. The smallest absolute Gasteiger partial charge is 0.132 e. The van der Waals surface area contributed by atoms with E-state index in [0.717, 1.165) is 49.1 Å². The van der Waals surface area contributed by atoms with Crippen LogP contribution in [-0.4, -0.2) is 36.1 Å². The first kappa shape index (κ1) is 13.1. The summed E-state index contributed by atoms with van der Waals surface area (Å²) in [5, 5.41) is 3.37. The van der Waals surface area contributed by atoms with Gasteiger partial charge in [-0.1, -0.05) is 29.8 Å². The lowest BCUT2D eigenvalue weighted by Crippen LogP contribution is -2.44. The summed E-state index contributed by atoms with van der Waals surface area (Å²) < 4.78 is 0. The van der Waals surface area contributed by atoms with Crippen molar-refractivity contribution in [3.8, 4) is 11.3 Å². The molecule has 1 aromatic heterocycles. The molecule has 0 saturated carbocycles. The fourth-order valence-corrected chi connectivity index (χ4v) is 2.48. The van der Waals surface area contributed by atoms with Crippen LogP contribution in [0.2, 0.25) is 0 Å². The molecule has 4 heteroatoms. The summed E-state index contributed by atoms with van der Waals surface area (Å²) in [4.78, 5) is 11.5. The maximum Gasteiger partial charge on any atom is 0.132 e. The normalized spacial score (nSPS) is 15.4. The molecule has 104 valence electrons. The van der Waals surface area contributed by atoms with E-state index in [1.54, 1.807) is 0 Å². The molecule has 0 spiro atoms. The van der Waals surface area contributed by atoms with Crippen molar-refractivity contribution < 1.29 is 0 Å². The van der Waals surface area contributed by atoms with Gasteiger partial charge in [0.15, 0.2) is 0 Å². The van der Waals surface area contributed by atoms with E-state index in [1.165, 1.54) is 5.56 Å². The minimum atomic E-state index is 0.830. The lowest BCUT2D eigenvalue weighted by Gasteiger charge is -2.28. The van der Waals surface area contributed by atoms with Crippen LogP contribution in [0.25, 0.3) is 11.3 Å². The van der Waals surface area contributed by atoms with Gasteiger partial charge in [0.05, 0.1) is 5.69 Å². The van der Waals surface area contributed by atoms with Crippen molar-refractivity contribution in [2.24, 2.45) is 0 Å². The summed E-state index contributed by atoms with van der Waals surface area (Å²) in [7, 11) is 0. The summed E-state index contributed by atoms with van der Waals surface area (Å²) in [6.45, 7) is 8.10. The fraction of sp³-hybridized carbons (Fsp3) is 0.375. The number of benzene rings is 1. The molecule has 1 N–H and O–H groups in total. The minimum absolute atomic E-state index is 0.830. The third kappa shape index (κ3) is 2.80. The first-order valence-corrected chi connectivity index (χ1v) is 7.11. The molecule has 0 unspecified atom stereocenters. The van der Waals surface area contributed by atoms with Gasteiger partial charge in [0.2, 0.25) is 0 Å². The van der Waals surface area contributed by atoms with Gasteiger partial charge >= 0.3 is 0 Å². The number of hydrogen-bond acceptors (Lipinski definition) is 4. The highest BCUT2D eigenvalue weighted by molar-refractivity contribution is 5.63. The fourth-order valence-electron chi connectivity index (χ4n) is 2.48. The molecule has 1 aliphatic rings. The van der Waals surface area contributed by atoms with E-state index in [4.69, 9.17) is 0 Å². The minimum Gasteiger partial charge on any atom is -0.354 e. The Hall–Kier alpha value is -1.94. The van der Waals surface area contributed by atoms with Gasteiger partial charge in [-0.05, 0) is 13.8 Å². The zero-order valence-electron chi connectivity index (χ0n) is 12.1. The highest BCUT2D eigenvalue weighted by atomic mass is 15.2. The zero-order valence-corrected chi connectivity index (χ0v) is 12.1. The molecule has 0 bridgehead atoms. The maximum atomic E-state index is 4.59. The van der Waals surface area contributed by atoms with Gasteiger partial charge in [0, 0.05) is 37.8 Å². The third-order valence-corrected chi connectivity index (χ3v) is 3.61. The summed E-state index contributed by atoms with van der Waals surface area (Å²) in [6.07, 6.45) is 0. The molecule has 0 aliphatic carbocycles. The van der Waals surface area contributed by atoms with Gasteiger partial charge < -0.3 is 10.2 Å². The summed E-state index contributed by atoms with van der Waals surface area (Å²) >= 11 is 0. The quantitative estimate of drug-likeness (QED) is 0.906. The average molecular weight is 268 g/mol. The van der Waals surface area contributed by atoms with E-state index in [2.05, 4.69) is 57.4 Å². The molecule has 1 aromatic carbocycles. The van der Waals surface area contributed by atoms with E-state index in [0.29, 0.717) is 0 Å². The molecule has 20 heavy (non-hydrogen) atoms. The van der Waals surface area contributed by atoms with E-state index < -0.39 is 0 Å². The van der Waals surface area contributed by atoms with Crippen LogP contribution in [0, 0.1) is 13.8 Å². The monoisotopic (exact) mass is 268 g/mol. The Kier molecular flexibility index (Phi) is 3.65. The Balaban J connectivity index is 1.95. The molecule has 1 saturated heterocycles. The summed E-state index contributed by atoms with van der Waals surface area (Å²) in [5.74, 6) is 1.87. The number of nitrogens with zero attached hydrogens (tertiary/aromatic N) is 3. The van der Waals surface area contributed by atoms with Crippen LogP contribution in [0.1, 0.15) is 11.4 Å². The summed E-state index contributed by atoms with van der Waals surface area (Å²) in [5.41, 5.74) is 3.42. The zero-order chi connectivity index (χ0) is 13.9. The highest BCUT2D eigenvalue weighted by Crippen LogP contribution is 2.22. The van der Waals surface area contributed by atoms with Crippen LogP contribution in [-0.2, 0) is 0 Å². The number of aromatic nitrogens is 2. The first-order chi connectivity index (χ1) is 9.72. The Morgan fingerprint density at radius 1 is 1.00 bits per heavy atom.